The summed E-state index contributed by atoms with van der Waals surface area (Å²) in [6.07, 6.45) is 0. The number of hydrogen-bond donors (Lipinski definition) is 3. The standard InChI is InChI=1S/C3H7NO5S.Rb.H/c4-2(3(5)6)1-10(7,8)9;;/h2H,1,4H2,(H,5,6)(H,7,8,9);;/t2-;;/m1../s1. The van der Waals surface area contributed by atoms with E-state index in [4.69, 9.17) is 15.4 Å². The van der Waals surface area contributed by atoms with Crippen molar-refractivity contribution in [3.05, 3.63) is 0 Å². The molecule has 0 spiro atoms. The predicted octanol–water partition coefficient (Wildman–Crippen LogP) is -2.36. The number of carboxylic acid groups (broad SMARTS) is 1. The molecule has 4 N–H and O–H groups in total. The summed E-state index contributed by atoms with van der Waals surface area (Å²) < 4.78 is 28.0. The monoisotopic (exact) mass is 255 g/mol. The summed E-state index contributed by atoms with van der Waals surface area (Å²) in [6.45, 7) is 0. The fraction of sp³-hybridized carbons (Fsp3) is 0.667. The third kappa shape index (κ3) is 9.06. The van der Waals surface area contributed by atoms with E-state index < -0.39 is 27.9 Å². The molecule has 0 bridgehead atoms. The van der Waals surface area contributed by atoms with E-state index in [1.54, 1.807) is 0 Å². The van der Waals surface area contributed by atoms with Gasteiger partial charge in [-0.15, -0.1) is 0 Å². The van der Waals surface area contributed by atoms with Crippen LogP contribution in [-0.4, -0.2) is 94.0 Å². The van der Waals surface area contributed by atoms with Gasteiger partial charge in [-0.05, 0) is 0 Å². The number of aliphatic carboxylic acids is 1. The summed E-state index contributed by atoms with van der Waals surface area (Å²) in [4.78, 5) is 9.88. The van der Waals surface area contributed by atoms with Crippen LogP contribution in [0.15, 0.2) is 0 Å². The van der Waals surface area contributed by atoms with Gasteiger partial charge in [-0.25, -0.2) is 0 Å². The zero-order valence-electron chi connectivity index (χ0n) is 4.89. The molecule has 0 aliphatic carbocycles. The second-order valence-electron chi connectivity index (χ2n) is 1.69. The Morgan fingerprint density at radius 1 is 1.55 bits per heavy atom. The third-order valence-corrected chi connectivity index (χ3v) is 1.49. The van der Waals surface area contributed by atoms with E-state index in [2.05, 4.69) is 0 Å². The van der Waals surface area contributed by atoms with Crippen molar-refractivity contribution in [3.63, 3.8) is 0 Å². The van der Waals surface area contributed by atoms with Crippen LogP contribution < -0.4 is 5.73 Å². The van der Waals surface area contributed by atoms with Gasteiger partial charge in [0.2, 0.25) is 0 Å². The van der Waals surface area contributed by atoms with Crippen LogP contribution in [0.5, 0.6) is 0 Å². The molecule has 0 saturated heterocycles. The molecule has 62 valence electrons. The van der Waals surface area contributed by atoms with Gasteiger partial charge in [-0.3, -0.25) is 9.35 Å². The number of rotatable bonds is 3. The van der Waals surface area contributed by atoms with E-state index in [0.29, 0.717) is 0 Å². The van der Waals surface area contributed by atoms with E-state index in [9.17, 15) is 13.2 Å². The Hall–Kier alpha value is 1.15. The molecule has 0 aliphatic rings. The topological polar surface area (TPSA) is 118 Å². The molecule has 0 aromatic carbocycles. The van der Waals surface area contributed by atoms with E-state index in [-0.39, 0.29) is 58.2 Å². The summed E-state index contributed by atoms with van der Waals surface area (Å²) in [7, 11) is -4.27. The number of carboxylic acids is 1. The second-order valence-corrected chi connectivity index (χ2v) is 3.19. The van der Waals surface area contributed by atoms with Gasteiger partial charge < -0.3 is 10.8 Å². The molecule has 0 saturated carbocycles. The van der Waals surface area contributed by atoms with Crippen molar-refractivity contribution in [2.75, 3.05) is 5.75 Å². The summed E-state index contributed by atoms with van der Waals surface area (Å²) >= 11 is 0. The Labute approximate surface area is 113 Å². The van der Waals surface area contributed by atoms with Crippen LogP contribution in [0.1, 0.15) is 0 Å². The van der Waals surface area contributed by atoms with Gasteiger partial charge in [0.15, 0.2) is 0 Å². The molecule has 0 aromatic rings. The molecular weight excluding hydrogens is 248 g/mol. The second kappa shape index (κ2) is 5.73. The van der Waals surface area contributed by atoms with Gasteiger partial charge in [-0.1, -0.05) is 0 Å². The molecule has 0 heterocycles. The van der Waals surface area contributed by atoms with Crippen LogP contribution >= 0.6 is 0 Å². The van der Waals surface area contributed by atoms with Crippen LogP contribution in [0.4, 0.5) is 0 Å². The van der Waals surface area contributed by atoms with Crippen molar-refractivity contribution in [3.8, 4) is 0 Å². The van der Waals surface area contributed by atoms with Crippen LogP contribution in [0.25, 0.3) is 0 Å². The SMILES string of the molecule is N[C@H](CS(=O)(=O)O)C(=O)O.[RbH]. The van der Waals surface area contributed by atoms with E-state index in [0.717, 1.165) is 0 Å². The molecule has 0 radical (unpaired) electrons. The van der Waals surface area contributed by atoms with Crippen LogP contribution in [-0.2, 0) is 14.9 Å². The van der Waals surface area contributed by atoms with Crippen molar-refractivity contribution in [1.82, 2.24) is 0 Å². The summed E-state index contributed by atoms with van der Waals surface area (Å²) in [5.41, 5.74) is 4.76. The molecular formula is C3H8NO5RbS. The first-order valence-electron chi connectivity index (χ1n) is 2.26. The van der Waals surface area contributed by atoms with Crippen molar-refractivity contribution < 1.29 is 22.9 Å². The third-order valence-electron chi connectivity index (χ3n) is 0.707. The molecule has 0 amide bonds. The van der Waals surface area contributed by atoms with Crippen molar-refractivity contribution in [1.29, 1.82) is 0 Å². The van der Waals surface area contributed by atoms with Gasteiger partial charge >= 0.3 is 64.2 Å². The average molecular weight is 256 g/mol. The van der Waals surface area contributed by atoms with E-state index >= 15 is 0 Å². The zero-order valence-corrected chi connectivity index (χ0v) is 5.71. The van der Waals surface area contributed by atoms with Gasteiger partial charge in [0.05, 0.1) is 0 Å². The summed E-state index contributed by atoms with van der Waals surface area (Å²) in [5, 5.41) is 8.04. The fourth-order valence-corrected chi connectivity index (χ4v) is 0.895. The van der Waals surface area contributed by atoms with Gasteiger partial charge in [0.25, 0.3) is 10.1 Å². The minimum atomic E-state index is -4.27. The molecule has 0 rings (SSSR count). The van der Waals surface area contributed by atoms with E-state index in [1.165, 1.54) is 0 Å². The number of hydrogen-bond acceptors (Lipinski definition) is 4. The summed E-state index contributed by atoms with van der Waals surface area (Å²) in [6, 6.07) is -1.56. The average Bonchev–Trinajstić information content (AvgIpc) is 1.60. The predicted molar refractivity (Wildman–Crippen MR) is 39.2 cm³/mol. The van der Waals surface area contributed by atoms with Crippen molar-refractivity contribution in [2.45, 2.75) is 6.04 Å². The van der Waals surface area contributed by atoms with E-state index in [1.807, 2.05) is 0 Å². The van der Waals surface area contributed by atoms with Gasteiger partial charge in [0, 0.05) is 0 Å². The Bertz CT molecular complexity index is 224. The Morgan fingerprint density at radius 3 is 2.00 bits per heavy atom. The first kappa shape index (κ1) is 14.7. The maximum absolute atomic E-state index is 9.96. The van der Waals surface area contributed by atoms with Crippen LogP contribution in [0, 0.1) is 0 Å². The Balaban J connectivity index is 0. The molecule has 1 atom stereocenters. The molecule has 0 fully saturated rings. The number of nitrogens with two attached hydrogens (primary N) is 1. The first-order chi connectivity index (χ1) is 4.33. The van der Waals surface area contributed by atoms with Crippen molar-refractivity contribution in [2.24, 2.45) is 5.73 Å². The fourth-order valence-electron chi connectivity index (χ4n) is 0.298. The molecule has 8 heteroatoms. The Morgan fingerprint density at radius 2 is 1.91 bits per heavy atom. The normalized spacial score (nSPS) is 13.3. The van der Waals surface area contributed by atoms with Gasteiger partial charge in [-0.2, -0.15) is 8.42 Å². The zero-order chi connectivity index (χ0) is 8.36. The maximum atomic E-state index is 9.96. The van der Waals surface area contributed by atoms with Gasteiger partial charge in [0.1, 0.15) is 11.8 Å². The first-order valence-corrected chi connectivity index (χ1v) is 3.87. The van der Waals surface area contributed by atoms with Crippen LogP contribution in [0.2, 0.25) is 0 Å². The molecule has 0 unspecified atom stereocenters. The molecule has 11 heavy (non-hydrogen) atoms. The Kier molecular flexibility index (Phi) is 7.64. The quantitative estimate of drug-likeness (QED) is 0.486. The molecule has 0 aliphatic heterocycles. The van der Waals surface area contributed by atoms with Crippen molar-refractivity contribution >= 4 is 74.3 Å². The minimum absolute atomic E-state index is 0. The summed E-state index contributed by atoms with van der Waals surface area (Å²) in [5.74, 6) is -2.42. The number of carbonyl (C=O) groups is 1. The molecule has 0 aromatic heterocycles. The van der Waals surface area contributed by atoms with Crippen LogP contribution in [0.3, 0.4) is 0 Å². The molecule has 6 nitrogen and oxygen atoms in total.